The van der Waals surface area contributed by atoms with Crippen molar-refractivity contribution in [3.63, 3.8) is 0 Å². The van der Waals surface area contributed by atoms with Crippen LogP contribution < -0.4 is 0 Å². The van der Waals surface area contributed by atoms with Crippen molar-refractivity contribution < 1.29 is 0 Å². The molecule has 8 heavy (non-hydrogen) atoms. The summed E-state index contributed by atoms with van der Waals surface area (Å²) < 4.78 is 0. The molecule has 0 radical (unpaired) electrons. The lowest BCUT2D eigenvalue weighted by atomic mass is 10.1. The summed E-state index contributed by atoms with van der Waals surface area (Å²) in [6, 6.07) is 0. The first-order valence-electron chi connectivity index (χ1n) is 3.37. The van der Waals surface area contributed by atoms with Crippen LogP contribution in [0.4, 0.5) is 0 Å². The molecule has 0 aromatic carbocycles. The second kappa shape index (κ2) is 2.77. The molecule has 48 valence electrons. The van der Waals surface area contributed by atoms with Crippen LogP contribution in [0.2, 0.25) is 0 Å². The van der Waals surface area contributed by atoms with E-state index in [1.54, 1.807) is 0 Å². The molecule has 2 atom stereocenters. The maximum atomic E-state index is 2.37. The average Bonchev–Trinajstić information content (AvgIpc) is 2.14. The van der Waals surface area contributed by atoms with Crippen LogP contribution in [0.15, 0.2) is 0 Å². The summed E-state index contributed by atoms with van der Waals surface area (Å²) in [6.45, 7) is 2.37. The van der Waals surface area contributed by atoms with E-state index in [1.165, 1.54) is 19.3 Å². The maximum Gasteiger partial charge on any atom is 0.00699 e. The molecule has 0 aromatic rings. The van der Waals surface area contributed by atoms with E-state index in [0.717, 1.165) is 11.2 Å². The van der Waals surface area contributed by atoms with E-state index in [2.05, 4.69) is 13.2 Å². The predicted octanol–water partition coefficient (Wildman–Crippen LogP) is 2.54. The molecule has 0 nitrogen and oxygen atoms in total. The minimum Gasteiger partial charge on any atom is -0.162 e. The Bertz CT molecular complexity index is 70.8. The lowest BCUT2D eigenvalue weighted by Crippen LogP contribution is -2.03. The van der Waals surface area contributed by atoms with Gasteiger partial charge in [-0.05, 0) is 25.0 Å². The molecule has 0 aromatic heterocycles. The van der Waals surface area contributed by atoms with Gasteiger partial charge in [0.1, 0.15) is 0 Å². The average molecular weight is 130 g/mol. The highest BCUT2D eigenvalue weighted by molar-refractivity contribution is 7.99. The molecule has 0 spiro atoms. The fraction of sp³-hybridized carbons (Fsp3) is 1.00. The Morgan fingerprint density at radius 3 is 2.38 bits per heavy atom. The van der Waals surface area contributed by atoms with Crippen LogP contribution in [0.3, 0.4) is 0 Å². The Morgan fingerprint density at radius 1 is 1.38 bits per heavy atom. The minimum atomic E-state index is 0.981. The molecule has 0 saturated heterocycles. The van der Waals surface area contributed by atoms with Gasteiger partial charge in [-0.3, -0.25) is 0 Å². The van der Waals surface area contributed by atoms with Crippen molar-refractivity contribution in [3.05, 3.63) is 0 Å². The van der Waals surface area contributed by atoms with E-state index in [-0.39, 0.29) is 0 Å². The van der Waals surface area contributed by atoms with Gasteiger partial charge < -0.3 is 0 Å². The summed E-state index contributed by atoms with van der Waals surface area (Å²) in [5, 5.41) is 0.981. The molecule has 1 saturated carbocycles. The summed E-state index contributed by atoms with van der Waals surface area (Å²) in [7, 11) is 0. The Labute approximate surface area is 56.0 Å². The van der Waals surface area contributed by atoms with Gasteiger partial charge >= 0.3 is 0 Å². The molecule has 0 N–H and O–H groups in total. The number of hydrogen-bond acceptors (Lipinski definition) is 1. The molecule has 1 aliphatic carbocycles. The fourth-order valence-corrected chi connectivity index (χ4v) is 2.46. The van der Waals surface area contributed by atoms with Crippen LogP contribution in [0.5, 0.6) is 0 Å². The van der Waals surface area contributed by atoms with Crippen molar-refractivity contribution in [2.24, 2.45) is 5.92 Å². The Balaban J connectivity index is 2.30. The third kappa shape index (κ3) is 1.19. The van der Waals surface area contributed by atoms with Gasteiger partial charge in [0, 0.05) is 5.25 Å². The SMILES string of the molecule is CSC1CCC[C@@H]1C. The van der Waals surface area contributed by atoms with Crippen molar-refractivity contribution in [2.45, 2.75) is 31.4 Å². The third-order valence-electron chi connectivity index (χ3n) is 2.09. The van der Waals surface area contributed by atoms with Gasteiger partial charge in [0.15, 0.2) is 0 Å². The molecule has 1 unspecified atom stereocenters. The molecule has 1 rings (SSSR count). The van der Waals surface area contributed by atoms with Crippen LogP contribution in [-0.2, 0) is 0 Å². The van der Waals surface area contributed by atoms with Crippen molar-refractivity contribution in [3.8, 4) is 0 Å². The first-order valence-corrected chi connectivity index (χ1v) is 4.66. The van der Waals surface area contributed by atoms with Gasteiger partial charge in [-0.1, -0.05) is 13.3 Å². The fourth-order valence-electron chi connectivity index (χ4n) is 1.46. The van der Waals surface area contributed by atoms with Crippen molar-refractivity contribution in [1.29, 1.82) is 0 Å². The number of thioether (sulfide) groups is 1. The highest BCUT2D eigenvalue weighted by Gasteiger charge is 2.21. The van der Waals surface area contributed by atoms with Gasteiger partial charge in [0.2, 0.25) is 0 Å². The number of rotatable bonds is 1. The minimum absolute atomic E-state index is 0.981. The monoisotopic (exact) mass is 130 g/mol. The molecular weight excluding hydrogens is 116 g/mol. The van der Waals surface area contributed by atoms with E-state index in [9.17, 15) is 0 Å². The van der Waals surface area contributed by atoms with Gasteiger partial charge in [0.25, 0.3) is 0 Å². The lowest BCUT2D eigenvalue weighted by molar-refractivity contribution is 0.625. The van der Waals surface area contributed by atoms with E-state index in [0.29, 0.717) is 0 Å². The smallest absolute Gasteiger partial charge is 0.00699 e. The Morgan fingerprint density at radius 2 is 2.12 bits per heavy atom. The van der Waals surface area contributed by atoms with Gasteiger partial charge in [-0.25, -0.2) is 0 Å². The standard InChI is InChI=1S/C7H14S/c1-6-4-3-5-7(6)8-2/h6-7H,3-5H2,1-2H3/t6-,7?/m0/s1. The van der Waals surface area contributed by atoms with E-state index in [4.69, 9.17) is 0 Å². The van der Waals surface area contributed by atoms with Crippen LogP contribution in [0, 0.1) is 5.92 Å². The summed E-state index contributed by atoms with van der Waals surface area (Å²) in [4.78, 5) is 0. The normalized spacial score (nSPS) is 38.2. The summed E-state index contributed by atoms with van der Waals surface area (Å²) >= 11 is 2.04. The van der Waals surface area contributed by atoms with Crippen LogP contribution >= 0.6 is 11.8 Å². The third-order valence-corrected chi connectivity index (χ3v) is 3.39. The molecule has 1 aliphatic rings. The van der Waals surface area contributed by atoms with Gasteiger partial charge in [-0.15, -0.1) is 0 Å². The zero-order valence-corrected chi connectivity index (χ0v) is 6.50. The molecule has 0 aliphatic heterocycles. The van der Waals surface area contributed by atoms with Crippen molar-refractivity contribution in [1.82, 2.24) is 0 Å². The molecule has 0 amide bonds. The quantitative estimate of drug-likeness (QED) is 0.525. The molecular formula is C7H14S. The zero-order chi connectivity index (χ0) is 5.98. The van der Waals surface area contributed by atoms with Crippen molar-refractivity contribution >= 4 is 11.8 Å². The van der Waals surface area contributed by atoms with Gasteiger partial charge in [-0.2, -0.15) is 11.8 Å². The summed E-state index contributed by atoms with van der Waals surface area (Å²) in [5.74, 6) is 0.991. The first kappa shape index (κ1) is 6.47. The highest BCUT2D eigenvalue weighted by Crippen LogP contribution is 2.32. The van der Waals surface area contributed by atoms with E-state index >= 15 is 0 Å². The molecule has 1 heteroatoms. The zero-order valence-electron chi connectivity index (χ0n) is 5.68. The van der Waals surface area contributed by atoms with Crippen LogP contribution in [0.25, 0.3) is 0 Å². The first-order chi connectivity index (χ1) is 3.84. The second-order valence-corrected chi connectivity index (χ2v) is 3.76. The largest absolute Gasteiger partial charge is 0.162 e. The molecule has 0 heterocycles. The second-order valence-electron chi connectivity index (χ2n) is 2.68. The molecule has 1 fully saturated rings. The Kier molecular flexibility index (Phi) is 2.24. The predicted molar refractivity (Wildman–Crippen MR) is 40.3 cm³/mol. The topological polar surface area (TPSA) is 0 Å². The van der Waals surface area contributed by atoms with Crippen molar-refractivity contribution in [2.75, 3.05) is 6.26 Å². The number of hydrogen-bond donors (Lipinski definition) is 0. The van der Waals surface area contributed by atoms with Crippen LogP contribution in [-0.4, -0.2) is 11.5 Å². The van der Waals surface area contributed by atoms with Gasteiger partial charge in [0.05, 0.1) is 0 Å². The highest BCUT2D eigenvalue weighted by atomic mass is 32.2. The van der Waals surface area contributed by atoms with E-state index in [1.807, 2.05) is 11.8 Å². The van der Waals surface area contributed by atoms with E-state index < -0.39 is 0 Å². The lowest BCUT2D eigenvalue weighted by Gasteiger charge is -2.09. The van der Waals surface area contributed by atoms with Crippen LogP contribution in [0.1, 0.15) is 26.2 Å². The summed E-state index contributed by atoms with van der Waals surface area (Å²) in [5.41, 5.74) is 0. The molecule has 0 bridgehead atoms. The Hall–Kier alpha value is 0.350. The summed E-state index contributed by atoms with van der Waals surface area (Å²) in [6.07, 6.45) is 6.62. The maximum absolute atomic E-state index is 2.37.